The first kappa shape index (κ1) is 31.9. The number of hydrogen-bond acceptors (Lipinski definition) is 9. The summed E-state index contributed by atoms with van der Waals surface area (Å²) in [4.78, 5) is 23.1. The lowest BCUT2D eigenvalue weighted by Crippen LogP contribution is -2.48. The molecule has 1 aliphatic heterocycles. The van der Waals surface area contributed by atoms with E-state index in [1.165, 1.54) is 31.4 Å². The van der Waals surface area contributed by atoms with E-state index in [0.717, 1.165) is 16.7 Å². The Morgan fingerprint density at radius 3 is 2.44 bits per heavy atom. The molecule has 236 valence electrons. The number of carboxylic acid groups (broad SMARTS) is 1. The fraction of sp³-hybridized carbons (Fsp3) is 0.226. The number of nitrogens with one attached hydrogen (secondary N) is 2. The zero-order chi connectivity index (χ0) is 32.5. The molecule has 0 amide bonds. The average molecular weight is 654 g/mol. The summed E-state index contributed by atoms with van der Waals surface area (Å²) < 4.78 is 67.1. The predicted molar refractivity (Wildman–Crippen MR) is 168 cm³/mol. The van der Waals surface area contributed by atoms with Crippen molar-refractivity contribution in [2.75, 3.05) is 18.0 Å². The number of methoxy groups -OCH3 is 1. The van der Waals surface area contributed by atoms with Gasteiger partial charge < -0.3 is 19.9 Å². The highest BCUT2D eigenvalue weighted by molar-refractivity contribution is 8.05. The van der Waals surface area contributed by atoms with Crippen LogP contribution in [0.25, 0.3) is 21.9 Å². The van der Waals surface area contributed by atoms with Crippen molar-refractivity contribution in [2.45, 2.75) is 37.8 Å². The predicted octanol–water partition coefficient (Wildman–Crippen LogP) is 3.73. The zero-order valence-corrected chi connectivity index (χ0v) is 26.2. The molecule has 1 heterocycles. The number of aliphatic carboxylic acids is 1. The molecule has 3 N–H and O–H groups in total. The van der Waals surface area contributed by atoms with Crippen molar-refractivity contribution < 1.29 is 41.0 Å². The first-order valence-corrected chi connectivity index (χ1v) is 16.7. The van der Waals surface area contributed by atoms with Gasteiger partial charge in [-0.15, -0.1) is 0 Å². The van der Waals surface area contributed by atoms with Gasteiger partial charge >= 0.3 is 22.1 Å². The van der Waals surface area contributed by atoms with Crippen LogP contribution in [-0.4, -0.2) is 53.6 Å². The third-order valence-corrected chi connectivity index (χ3v) is 10.8. The van der Waals surface area contributed by atoms with E-state index < -0.39 is 38.7 Å². The van der Waals surface area contributed by atoms with Gasteiger partial charge in [-0.1, -0.05) is 58.2 Å². The standard InChI is InChI=1S/C31H31N3O9S2/c1-19-8-9-21(17-32-20(2)15-30(35)36)26(14-19)24-11-13-29(25-7-5-4-6-23(24)25)44(38,39)33-45(40,41)34-18-31(37)43-28-16-22(42-3)10-12-27(28)34/h4-14,16,20,32-33H,15,17-18H2,1-3H3,(H,35,36)/t20-/m0/s1. The van der Waals surface area contributed by atoms with Crippen LogP contribution in [0.3, 0.4) is 0 Å². The Balaban J connectivity index is 1.53. The van der Waals surface area contributed by atoms with E-state index in [4.69, 9.17) is 14.6 Å². The summed E-state index contributed by atoms with van der Waals surface area (Å²) in [5.41, 5.74) is 3.31. The van der Waals surface area contributed by atoms with Crippen molar-refractivity contribution in [3.8, 4) is 22.6 Å². The van der Waals surface area contributed by atoms with Crippen molar-refractivity contribution in [2.24, 2.45) is 0 Å². The van der Waals surface area contributed by atoms with Crippen LogP contribution >= 0.6 is 0 Å². The molecule has 0 fully saturated rings. The third-order valence-electron chi connectivity index (χ3n) is 7.29. The van der Waals surface area contributed by atoms with Crippen molar-refractivity contribution in [3.05, 3.63) is 83.9 Å². The fourth-order valence-corrected chi connectivity index (χ4v) is 8.39. The molecule has 4 aromatic carbocycles. The number of ether oxygens (including phenoxy) is 2. The molecule has 1 atom stereocenters. The number of fused-ring (bicyclic) bond motifs is 2. The maximum Gasteiger partial charge on any atom is 0.332 e. The Morgan fingerprint density at radius 1 is 1.00 bits per heavy atom. The highest BCUT2D eigenvalue weighted by atomic mass is 32.3. The number of esters is 1. The number of hydrogen-bond donors (Lipinski definition) is 3. The maximum absolute atomic E-state index is 13.7. The second-order valence-electron chi connectivity index (χ2n) is 10.6. The number of anilines is 1. The monoisotopic (exact) mass is 653 g/mol. The smallest absolute Gasteiger partial charge is 0.332 e. The number of aryl methyl sites for hydroxylation is 1. The topological polar surface area (TPSA) is 168 Å². The number of carbonyl (C=O) groups is 2. The second-order valence-corrected chi connectivity index (χ2v) is 14.1. The SMILES string of the molecule is COc1ccc2c(c1)OC(=O)CN2S(=O)(=O)NS(=O)(=O)c1ccc(-c2cc(C)ccc2CN[C@@H](C)CC(=O)O)c2ccccc12. The minimum Gasteiger partial charge on any atom is -0.497 e. The van der Waals surface area contributed by atoms with Crippen molar-refractivity contribution in [3.63, 3.8) is 0 Å². The fourth-order valence-electron chi connectivity index (χ4n) is 5.16. The van der Waals surface area contributed by atoms with E-state index in [2.05, 4.69) is 5.32 Å². The van der Waals surface area contributed by atoms with Crippen molar-refractivity contribution in [1.82, 2.24) is 9.44 Å². The Morgan fingerprint density at radius 2 is 1.73 bits per heavy atom. The molecule has 12 nitrogen and oxygen atoms in total. The molecule has 0 bridgehead atoms. The molecule has 0 aliphatic carbocycles. The third kappa shape index (κ3) is 6.78. The number of sulfonamides is 1. The summed E-state index contributed by atoms with van der Waals surface area (Å²) >= 11 is 0. The van der Waals surface area contributed by atoms with Gasteiger partial charge in [0, 0.05) is 24.0 Å². The molecular weight excluding hydrogens is 622 g/mol. The molecule has 0 spiro atoms. The molecule has 0 unspecified atom stereocenters. The lowest BCUT2D eigenvalue weighted by Gasteiger charge is -2.29. The minimum absolute atomic E-state index is 0.0310. The molecule has 0 aromatic heterocycles. The lowest BCUT2D eigenvalue weighted by atomic mass is 9.93. The van der Waals surface area contributed by atoms with Gasteiger partial charge in [0.15, 0.2) is 5.75 Å². The molecule has 45 heavy (non-hydrogen) atoms. The van der Waals surface area contributed by atoms with Crippen LogP contribution in [0.5, 0.6) is 11.5 Å². The maximum atomic E-state index is 13.7. The van der Waals surface area contributed by atoms with Crippen LogP contribution in [0.2, 0.25) is 0 Å². The van der Waals surface area contributed by atoms with Gasteiger partial charge in [-0.25, -0.2) is 17.5 Å². The number of benzene rings is 4. The number of rotatable bonds is 11. The summed E-state index contributed by atoms with van der Waals surface area (Å²) in [5.74, 6) is -1.59. The van der Waals surface area contributed by atoms with Gasteiger partial charge in [0.1, 0.15) is 12.3 Å². The van der Waals surface area contributed by atoms with Crippen LogP contribution in [-0.2, 0) is 36.4 Å². The quantitative estimate of drug-likeness (QED) is 0.160. The second kappa shape index (κ2) is 12.5. The van der Waals surface area contributed by atoms with Crippen molar-refractivity contribution in [1.29, 1.82) is 0 Å². The highest BCUT2D eigenvalue weighted by Crippen LogP contribution is 2.38. The van der Waals surface area contributed by atoms with E-state index in [0.29, 0.717) is 27.5 Å². The first-order chi connectivity index (χ1) is 21.3. The summed E-state index contributed by atoms with van der Waals surface area (Å²) in [6, 6.07) is 19.4. The molecule has 14 heteroatoms. The largest absolute Gasteiger partial charge is 0.497 e. The highest BCUT2D eigenvalue weighted by Gasteiger charge is 2.37. The first-order valence-electron chi connectivity index (χ1n) is 13.8. The summed E-state index contributed by atoms with van der Waals surface area (Å²) in [6.45, 7) is 3.33. The van der Waals surface area contributed by atoms with E-state index in [-0.39, 0.29) is 34.2 Å². The van der Waals surface area contributed by atoms with Gasteiger partial charge in [0.05, 0.1) is 24.1 Å². The number of nitrogens with zero attached hydrogens (tertiary/aromatic N) is 1. The van der Waals surface area contributed by atoms with E-state index in [1.54, 1.807) is 41.4 Å². The average Bonchev–Trinajstić information content (AvgIpc) is 2.98. The van der Waals surface area contributed by atoms with Gasteiger partial charge in [-0.2, -0.15) is 8.42 Å². The molecule has 0 radical (unpaired) electrons. The van der Waals surface area contributed by atoms with Gasteiger partial charge in [0.2, 0.25) is 0 Å². The molecule has 4 aromatic rings. The summed E-state index contributed by atoms with van der Waals surface area (Å²) in [7, 11) is -8.13. The van der Waals surface area contributed by atoms with Crippen LogP contribution in [0.4, 0.5) is 5.69 Å². The van der Waals surface area contributed by atoms with Gasteiger partial charge in [0.25, 0.3) is 10.0 Å². The number of carbonyl (C=O) groups excluding carboxylic acids is 1. The zero-order valence-electron chi connectivity index (χ0n) is 24.6. The van der Waals surface area contributed by atoms with Gasteiger partial charge in [-0.3, -0.25) is 4.79 Å². The van der Waals surface area contributed by atoms with Crippen LogP contribution in [0.15, 0.2) is 77.7 Å². The van der Waals surface area contributed by atoms with Crippen LogP contribution < -0.4 is 23.2 Å². The molecule has 5 rings (SSSR count). The number of carboxylic acids is 1. The normalized spacial score (nSPS) is 14.1. The molecule has 0 saturated heterocycles. The van der Waals surface area contributed by atoms with E-state index >= 15 is 0 Å². The van der Waals surface area contributed by atoms with E-state index in [9.17, 15) is 26.4 Å². The summed E-state index contributed by atoms with van der Waals surface area (Å²) in [6.07, 6.45) is -0.0506. The Labute approximate surface area is 260 Å². The van der Waals surface area contributed by atoms with E-state index in [1.807, 2.05) is 25.1 Å². The van der Waals surface area contributed by atoms with Crippen LogP contribution in [0, 0.1) is 6.92 Å². The van der Waals surface area contributed by atoms with Crippen LogP contribution in [0.1, 0.15) is 24.5 Å². The Kier molecular flexibility index (Phi) is 8.85. The molecule has 1 aliphatic rings. The molecular formula is C31H31N3O9S2. The van der Waals surface area contributed by atoms with Gasteiger partial charge in [-0.05, 0) is 54.1 Å². The molecule has 0 saturated carbocycles. The minimum atomic E-state index is -4.82. The summed E-state index contributed by atoms with van der Waals surface area (Å²) in [5, 5.41) is 13.2. The lowest BCUT2D eigenvalue weighted by molar-refractivity contribution is -0.137. The van der Waals surface area contributed by atoms with Crippen molar-refractivity contribution >= 4 is 48.6 Å². The Hall–Kier alpha value is -4.50. The Bertz CT molecular complexity index is 2030.